The summed E-state index contributed by atoms with van der Waals surface area (Å²) in [6, 6.07) is 7.11. The monoisotopic (exact) mass is 289 g/mol. The molecular formula is C14H15N3O4. The van der Waals surface area contributed by atoms with Crippen LogP contribution in [0.15, 0.2) is 24.3 Å². The van der Waals surface area contributed by atoms with Gasteiger partial charge in [-0.1, -0.05) is 18.2 Å². The Hall–Kier alpha value is -2.70. The summed E-state index contributed by atoms with van der Waals surface area (Å²) in [5, 5.41) is 0. The van der Waals surface area contributed by atoms with E-state index in [2.05, 4.69) is 15.0 Å². The first kappa shape index (κ1) is 14.7. The van der Waals surface area contributed by atoms with Gasteiger partial charge in [0.2, 0.25) is 0 Å². The van der Waals surface area contributed by atoms with Crippen LogP contribution in [0, 0.1) is 0 Å². The summed E-state index contributed by atoms with van der Waals surface area (Å²) in [7, 11) is 2.88. The second-order valence-electron chi connectivity index (χ2n) is 3.90. The highest BCUT2D eigenvalue weighted by Crippen LogP contribution is 2.23. The fraction of sp³-hybridized carbons (Fsp3) is 0.286. The average molecular weight is 289 g/mol. The van der Waals surface area contributed by atoms with Crippen molar-refractivity contribution in [1.82, 2.24) is 15.0 Å². The van der Waals surface area contributed by atoms with Gasteiger partial charge in [-0.15, -0.1) is 4.98 Å². The van der Waals surface area contributed by atoms with Crippen molar-refractivity contribution in [2.75, 3.05) is 20.8 Å². The zero-order chi connectivity index (χ0) is 15.2. The van der Waals surface area contributed by atoms with E-state index < -0.39 is 5.97 Å². The highest BCUT2D eigenvalue weighted by molar-refractivity contribution is 5.96. The molecular weight excluding hydrogens is 274 g/mol. The van der Waals surface area contributed by atoms with Crippen molar-refractivity contribution in [2.45, 2.75) is 6.92 Å². The van der Waals surface area contributed by atoms with Crippen molar-refractivity contribution >= 4 is 5.97 Å². The Morgan fingerprint density at radius 1 is 1.05 bits per heavy atom. The summed E-state index contributed by atoms with van der Waals surface area (Å²) in [5.41, 5.74) is 0.893. The lowest BCUT2D eigenvalue weighted by atomic mass is 10.1. The first-order valence-corrected chi connectivity index (χ1v) is 6.30. The first-order chi connectivity index (χ1) is 10.2. The predicted molar refractivity (Wildman–Crippen MR) is 74.3 cm³/mol. The summed E-state index contributed by atoms with van der Waals surface area (Å²) >= 11 is 0. The second kappa shape index (κ2) is 6.65. The smallest absolute Gasteiger partial charge is 0.338 e. The number of carbonyl (C=O) groups is 1. The van der Waals surface area contributed by atoms with Gasteiger partial charge in [-0.2, -0.15) is 9.97 Å². The van der Waals surface area contributed by atoms with Crippen LogP contribution in [0.2, 0.25) is 0 Å². The number of esters is 1. The third-order valence-electron chi connectivity index (χ3n) is 2.62. The molecule has 110 valence electrons. The molecule has 0 bridgehead atoms. The van der Waals surface area contributed by atoms with Crippen molar-refractivity contribution in [1.29, 1.82) is 0 Å². The average Bonchev–Trinajstić information content (AvgIpc) is 2.54. The molecule has 0 amide bonds. The molecule has 7 nitrogen and oxygen atoms in total. The Balaban J connectivity index is 2.53. The van der Waals surface area contributed by atoms with Gasteiger partial charge < -0.3 is 14.2 Å². The van der Waals surface area contributed by atoms with Gasteiger partial charge in [0.1, 0.15) is 0 Å². The van der Waals surface area contributed by atoms with Crippen molar-refractivity contribution in [3.05, 3.63) is 29.8 Å². The Labute approximate surface area is 121 Å². The molecule has 1 aromatic heterocycles. The van der Waals surface area contributed by atoms with Gasteiger partial charge >= 0.3 is 18.0 Å². The van der Waals surface area contributed by atoms with Crippen molar-refractivity contribution < 1.29 is 19.0 Å². The van der Waals surface area contributed by atoms with Crippen molar-refractivity contribution in [2.24, 2.45) is 0 Å². The van der Waals surface area contributed by atoms with E-state index >= 15 is 0 Å². The summed E-state index contributed by atoms with van der Waals surface area (Å²) in [5.74, 6) is -0.159. The van der Waals surface area contributed by atoms with Gasteiger partial charge in [0.15, 0.2) is 5.82 Å². The van der Waals surface area contributed by atoms with Crippen LogP contribution in [-0.4, -0.2) is 41.7 Å². The van der Waals surface area contributed by atoms with Crippen LogP contribution < -0.4 is 9.47 Å². The number of carbonyl (C=O) groups excluding carboxylic acids is 1. The van der Waals surface area contributed by atoms with Gasteiger partial charge in [0, 0.05) is 5.56 Å². The van der Waals surface area contributed by atoms with E-state index in [1.165, 1.54) is 14.2 Å². The summed E-state index contributed by atoms with van der Waals surface area (Å²) in [4.78, 5) is 24.2. The summed E-state index contributed by atoms with van der Waals surface area (Å²) in [6.07, 6.45) is 0. The van der Waals surface area contributed by atoms with Crippen molar-refractivity contribution in [3.8, 4) is 23.4 Å². The number of hydrogen-bond acceptors (Lipinski definition) is 7. The molecule has 0 atom stereocenters. The first-order valence-electron chi connectivity index (χ1n) is 6.30. The third kappa shape index (κ3) is 3.25. The molecule has 0 fully saturated rings. The molecule has 2 aromatic rings. The highest BCUT2D eigenvalue weighted by atomic mass is 16.5. The van der Waals surface area contributed by atoms with Gasteiger partial charge in [0.25, 0.3) is 0 Å². The highest BCUT2D eigenvalue weighted by Gasteiger charge is 2.17. The van der Waals surface area contributed by atoms with Crippen LogP contribution in [-0.2, 0) is 4.74 Å². The van der Waals surface area contributed by atoms with Crippen molar-refractivity contribution in [3.63, 3.8) is 0 Å². The molecule has 21 heavy (non-hydrogen) atoms. The van der Waals surface area contributed by atoms with Crippen LogP contribution in [0.5, 0.6) is 12.0 Å². The Kier molecular flexibility index (Phi) is 4.65. The lowest BCUT2D eigenvalue weighted by molar-refractivity contribution is 0.0527. The van der Waals surface area contributed by atoms with Crippen LogP contribution in [0.4, 0.5) is 0 Å². The fourth-order valence-corrected chi connectivity index (χ4v) is 1.71. The SMILES string of the molecule is CCOC(=O)c1ccccc1-c1nc(OC)nc(OC)n1. The fourth-order valence-electron chi connectivity index (χ4n) is 1.71. The van der Waals surface area contributed by atoms with Crippen LogP contribution in [0.1, 0.15) is 17.3 Å². The lowest BCUT2D eigenvalue weighted by Gasteiger charge is -2.09. The zero-order valence-electron chi connectivity index (χ0n) is 12.0. The van der Waals surface area contributed by atoms with E-state index in [0.29, 0.717) is 11.1 Å². The van der Waals surface area contributed by atoms with Crippen LogP contribution in [0.3, 0.4) is 0 Å². The van der Waals surface area contributed by atoms with Crippen LogP contribution in [0.25, 0.3) is 11.4 Å². The molecule has 1 aromatic carbocycles. The molecule has 0 aliphatic heterocycles. The summed E-state index contributed by atoms with van der Waals surface area (Å²) in [6.45, 7) is 2.03. The standard InChI is InChI=1S/C14H15N3O4/c1-4-21-12(18)10-8-6-5-7-9(10)11-15-13(19-2)17-14(16-11)20-3/h5-8H,4H2,1-3H3. The minimum Gasteiger partial charge on any atom is -0.467 e. The van der Waals surface area contributed by atoms with Crippen LogP contribution >= 0.6 is 0 Å². The zero-order valence-corrected chi connectivity index (χ0v) is 12.0. The number of hydrogen-bond donors (Lipinski definition) is 0. The van der Waals surface area contributed by atoms with E-state index in [1.54, 1.807) is 31.2 Å². The Bertz CT molecular complexity index is 624. The summed E-state index contributed by atoms with van der Waals surface area (Å²) < 4.78 is 15.0. The minimum absolute atomic E-state index is 0.107. The number of rotatable bonds is 5. The predicted octanol–water partition coefficient (Wildman–Crippen LogP) is 1.73. The Morgan fingerprint density at radius 3 is 2.24 bits per heavy atom. The largest absolute Gasteiger partial charge is 0.467 e. The van der Waals surface area contributed by atoms with Gasteiger partial charge in [-0.25, -0.2) is 4.79 Å². The quantitative estimate of drug-likeness (QED) is 0.775. The van der Waals surface area contributed by atoms with E-state index in [0.717, 1.165) is 0 Å². The lowest BCUT2D eigenvalue weighted by Crippen LogP contribution is -2.08. The third-order valence-corrected chi connectivity index (χ3v) is 2.62. The maximum absolute atomic E-state index is 12.0. The number of methoxy groups -OCH3 is 2. The molecule has 1 heterocycles. The molecule has 0 aliphatic carbocycles. The van der Waals surface area contributed by atoms with Gasteiger partial charge in [-0.3, -0.25) is 0 Å². The molecule has 7 heteroatoms. The maximum Gasteiger partial charge on any atom is 0.338 e. The van der Waals surface area contributed by atoms with Gasteiger partial charge in [0.05, 0.1) is 26.4 Å². The minimum atomic E-state index is -0.438. The normalized spacial score (nSPS) is 10.0. The van der Waals surface area contributed by atoms with E-state index in [1.807, 2.05) is 0 Å². The number of benzene rings is 1. The van der Waals surface area contributed by atoms with E-state index in [-0.39, 0.29) is 24.5 Å². The van der Waals surface area contributed by atoms with E-state index in [9.17, 15) is 4.79 Å². The molecule has 0 N–H and O–H groups in total. The number of nitrogens with zero attached hydrogens (tertiary/aromatic N) is 3. The maximum atomic E-state index is 12.0. The topological polar surface area (TPSA) is 83.4 Å². The second-order valence-corrected chi connectivity index (χ2v) is 3.90. The molecule has 0 spiro atoms. The molecule has 0 radical (unpaired) electrons. The molecule has 0 aliphatic rings. The molecule has 2 rings (SSSR count). The number of ether oxygens (including phenoxy) is 3. The van der Waals surface area contributed by atoms with E-state index in [4.69, 9.17) is 14.2 Å². The van der Waals surface area contributed by atoms with Gasteiger partial charge in [-0.05, 0) is 13.0 Å². The molecule has 0 saturated heterocycles. The molecule has 0 saturated carbocycles. The number of aromatic nitrogens is 3. The molecule has 0 unspecified atom stereocenters. The Morgan fingerprint density at radius 2 is 1.67 bits per heavy atom.